The number of aliphatic hydroxyl groups excluding tert-OH is 1. The van der Waals surface area contributed by atoms with Crippen LogP contribution >= 0.6 is 0 Å². The lowest BCUT2D eigenvalue weighted by molar-refractivity contribution is 0.236. The van der Waals surface area contributed by atoms with E-state index in [1.165, 1.54) is 0 Å². The van der Waals surface area contributed by atoms with Gasteiger partial charge >= 0.3 is 0 Å². The summed E-state index contributed by atoms with van der Waals surface area (Å²) in [5.41, 5.74) is 3.06. The fourth-order valence-electron chi connectivity index (χ4n) is 1.73. The molecule has 0 heterocycles. The van der Waals surface area contributed by atoms with Gasteiger partial charge in [-0.3, -0.25) is 0 Å². The lowest BCUT2D eigenvalue weighted by Crippen LogP contribution is -2.05. The van der Waals surface area contributed by atoms with E-state index in [9.17, 15) is 5.11 Å². The smallest absolute Gasteiger partial charge is 0.0764 e. The molecule has 0 fully saturated rings. The van der Waals surface area contributed by atoms with Crippen molar-refractivity contribution in [3.8, 4) is 0 Å². The van der Waals surface area contributed by atoms with Crippen molar-refractivity contribution in [2.24, 2.45) is 0 Å². The van der Waals surface area contributed by atoms with E-state index in [0.29, 0.717) is 0 Å². The third kappa shape index (κ3) is 2.94. The maximum absolute atomic E-state index is 9.71. The van der Waals surface area contributed by atoms with Gasteiger partial charge in [0.05, 0.1) is 6.10 Å². The quantitative estimate of drug-likeness (QED) is 0.586. The molecule has 84 valence electrons. The third-order valence-corrected chi connectivity index (χ3v) is 2.49. The van der Waals surface area contributed by atoms with Crippen LogP contribution in [0.4, 0.5) is 0 Å². The summed E-state index contributed by atoms with van der Waals surface area (Å²) >= 11 is 0. The van der Waals surface area contributed by atoms with E-state index in [1.54, 1.807) is 13.0 Å². The van der Waals surface area contributed by atoms with E-state index < -0.39 is 6.10 Å². The Balaban J connectivity index is 3.27. The Morgan fingerprint density at radius 2 is 1.94 bits per heavy atom. The first-order valence-electron chi connectivity index (χ1n) is 5.40. The zero-order valence-corrected chi connectivity index (χ0v) is 9.69. The number of hydrogen-bond acceptors (Lipinski definition) is 1. The first-order chi connectivity index (χ1) is 7.70. The molecule has 0 saturated heterocycles. The molecule has 0 spiro atoms. The topological polar surface area (TPSA) is 20.2 Å². The molecule has 0 aromatic heterocycles. The molecule has 0 aliphatic rings. The molecule has 0 aliphatic carbocycles. The van der Waals surface area contributed by atoms with Gasteiger partial charge in [-0.1, -0.05) is 49.1 Å². The van der Waals surface area contributed by atoms with Crippen molar-refractivity contribution in [1.29, 1.82) is 0 Å². The van der Waals surface area contributed by atoms with Crippen molar-refractivity contribution in [2.45, 2.75) is 19.4 Å². The van der Waals surface area contributed by atoms with Gasteiger partial charge in [0.1, 0.15) is 0 Å². The molecule has 1 atom stereocenters. The molecule has 1 nitrogen and oxygen atoms in total. The Labute approximate surface area is 97.4 Å². The van der Waals surface area contributed by atoms with Gasteiger partial charge in [-0.2, -0.15) is 0 Å². The van der Waals surface area contributed by atoms with Crippen molar-refractivity contribution < 1.29 is 5.11 Å². The second-order valence-corrected chi connectivity index (χ2v) is 3.67. The highest BCUT2D eigenvalue weighted by atomic mass is 16.3. The molecule has 1 rings (SSSR count). The van der Waals surface area contributed by atoms with E-state index in [1.807, 2.05) is 36.4 Å². The van der Waals surface area contributed by atoms with Crippen LogP contribution in [0, 0.1) is 0 Å². The summed E-state index contributed by atoms with van der Waals surface area (Å²) in [6.45, 7) is 9.26. The van der Waals surface area contributed by atoms with Crippen LogP contribution in [0.1, 0.15) is 18.9 Å². The fourth-order valence-corrected chi connectivity index (χ4v) is 1.73. The summed E-state index contributed by atoms with van der Waals surface area (Å²) in [6, 6.07) is 10.0. The molecule has 16 heavy (non-hydrogen) atoms. The average Bonchev–Trinajstić information content (AvgIpc) is 2.29. The predicted octanol–water partition coefficient (Wildman–Crippen LogP) is 3.58. The Bertz CT molecular complexity index is 385. The highest BCUT2D eigenvalue weighted by Crippen LogP contribution is 2.25. The van der Waals surface area contributed by atoms with Gasteiger partial charge in [0.2, 0.25) is 0 Å². The summed E-state index contributed by atoms with van der Waals surface area (Å²) < 4.78 is 0. The lowest BCUT2D eigenvalue weighted by atomic mass is 9.94. The van der Waals surface area contributed by atoms with Crippen molar-refractivity contribution >= 4 is 5.57 Å². The molecular formula is C15H18O. The van der Waals surface area contributed by atoms with Crippen molar-refractivity contribution in [3.63, 3.8) is 0 Å². The molecule has 1 heteroatoms. The van der Waals surface area contributed by atoms with Crippen LogP contribution in [0.25, 0.3) is 5.57 Å². The zero-order valence-electron chi connectivity index (χ0n) is 9.69. The van der Waals surface area contributed by atoms with Crippen molar-refractivity contribution in [1.82, 2.24) is 0 Å². The molecule has 1 N–H and O–H groups in total. The van der Waals surface area contributed by atoms with Crippen molar-refractivity contribution in [3.05, 3.63) is 66.8 Å². The SMILES string of the molecule is C=CC/C(=C(/C=C)C(C)O)c1ccccc1. The van der Waals surface area contributed by atoms with Crippen LogP contribution in [0.2, 0.25) is 0 Å². The van der Waals surface area contributed by atoms with Crippen LogP contribution in [-0.4, -0.2) is 11.2 Å². The number of rotatable bonds is 5. The minimum absolute atomic E-state index is 0.507. The van der Waals surface area contributed by atoms with Crippen molar-refractivity contribution in [2.75, 3.05) is 0 Å². The Morgan fingerprint density at radius 1 is 1.31 bits per heavy atom. The van der Waals surface area contributed by atoms with Gasteiger partial charge < -0.3 is 5.11 Å². The van der Waals surface area contributed by atoms with Crippen LogP contribution in [0.5, 0.6) is 0 Å². The molecule has 1 aromatic rings. The monoisotopic (exact) mass is 214 g/mol. The van der Waals surface area contributed by atoms with E-state index in [4.69, 9.17) is 0 Å². The maximum atomic E-state index is 9.71. The molecule has 0 bridgehead atoms. The Kier molecular flexibility index (Phi) is 4.74. The lowest BCUT2D eigenvalue weighted by Gasteiger charge is -2.14. The molecule has 1 aromatic carbocycles. The largest absolute Gasteiger partial charge is 0.389 e. The van der Waals surface area contributed by atoms with Crippen LogP contribution in [-0.2, 0) is 0 Å². The number of hydrogen-bond donors (Lipinski definition) is 1. The first-order valence-corrected chi connectivity index (χ1v) is 5.40. The summed E-state index contributed by atoms with van der Waals surface area (Å²) in [4.78, 5) is 0. The minimum Gasteiger partial charge on any atom is -0.389 e. The predicted molar refractivity (Wildman–Crippen MR) is 70.1 cm³/mol. The molecular weight excluding hydrogens is 196 g/mol. The van der Waals surface area contributed by atoms with Gasteiger partial charge in [-0.05, 0) is 30.1 Å². The molecule has 1 unspecified atom stereocenters. The summed E-state index contributed by atoms with van der Waals surface area (Å²) in [6.07, 6.45) is 3.79. The Hall–Kier alpha value is -1.60. The molecule has 0 aliphatic heterocycles. The van der Waals surface area contributed by atoms with Gasteiger partial charge in [0.15, 0.2) is 0 Å². The van der Waals surface area contributed by atoms with Crippen LogP contribution in [0.15, 0.2) is 61.2 Å². The maximum Gasteiger partial charge on any atom is 0.0764 e. The van der Waals surface area contributed by atoms with E-state index in [2.05, 4.69) is 13.2 Å². The van der Waals surface area contributed by atoms with E-state index in [-0.39, 0.29) is 0 Å². The van der Waals surface area contributed by atoms with Crippen LogP contribution < -0.4 is 0 Å². The highest BCUT2D eigenvalue weighted by Gasteiger charge is 2.09. The van der Waals surface area contributed by atoms with Gasteiger partial charge in [0, 0.05) is 0 Å². The van der Waals surface area contributed by atoms with E-state index in [0.717, 1.165) is 23.1 Å². The zero-order chi connectivity index (χ0) is 12.0. The number of benzene rings is 1. The first kappa shape index (κ1) is 12.5. The molecule has 0 saturated carbocycles. The molecule has 0 amide bonds. The minimum atomic E-state index is -0.507. The highest BCUT2D eigenvalue weighted by molar-refractivity contribution is 5.72. The number of aliphatic hydroxyl groups is 1. The van der Waals surface area contributed by atoms with Gasteiger partial charge in [0.25, 0.3) is 0 Å². The fraction of sp³-hybridized carbons (Fsp3) is 0.200. The summed E-state index contributed by atoms with van der Waals surface area (Å²) in [5, 5.41) is 9.71. The van der Waals surface area contributed by atoms with Gasteiger partial charge in [-0.25, -0.2) is 0 Å². The van der Waals surface area contributed by atoms with E-state index >= 15 is 0 Å². The van der Waals surface area contributed by atoms with Gasteiger partial charge in [-0.15, -0.1) is 6.58 Å². The second kappa shape index (κ2) is 6.09. The summed E-state index contributed by atoms with van der Waals surface area (Å²) in [5.74, 6) is 0. The number of allylic oxidation sites excluding steroid dienone is 2. The second-order valence-electron chi connectivity index (χ2n) is 3.67. The standard InChI is InChI=1S/C15H18O/c1-4-9-15(14(5-2)12(3)16)13-10-7-6-8-11-13/h4-8,10-12,16H,1-2,9H2,3H3/b15-14+. The summed E-state index contributed by atoms with van der Waals surface area (Å²) in [7, 11) is 0. The molecule has 0 radical (unpaired) electrons. The normalized spacial score (nSPS) is 13.9. The average molecular weight is 214 g/mol. The Morgan fingerprint density at radius 3 is 2.38 bits per heavy atom. The third-order valence-electron chi connectivity index (χ3n) is 2.49. The van der Waals surface area contributed by atoms with Crippen LogP contribution in [0.3, 0.4) is 0 Å².